The number of aromatic nitrogens is 1. The third kappa shape index (κ3) is 5.08. The average molecular weight is 479 g/mol. The summed E-state index contributed by atoms with van der Waals surface area (Å²) in [4.78, 5) is 16.5. The van der Waals surface area contributed by atoms with Crippen molar-refractivity contribution in [1.29, 1.82) is 5.26 Å². The van der Waals surface area contributed by atoms with Gasteiger partial charge < -0.3 is 5.11 Å². The number of benzene rings is 2. The lowest BCUT2D eigenvalue weighted by Gasteiger charge is -2.32. The van der Waals surface area contributed by atoms with Crippen LogP contribution in [0.15, 0.2) is 41.3 Å². The highest BCUT2D eigenvalue weighted by molar-refractivity contribution is 8.01. The zero-order valence-electron chi connectivity index (χ0n) is 17.9. The third-order valence-electron chi connectivity index (χ3n) is 4.72. The molecule has 0 saturated carbocycles. The highest BCUT2D eigenvalue weighted by atomic mass is 32.2. The number of hydrogen-bond donors (Lipinski definition) is 1. The van der Waals surface area contributed by atoms with Gasteiger partial charge in [0.15, 0.2) is 5.01 Å². The number of carbonyl (C=O) groups is 1. The summed E-state index contributed by atoms with van der Waals surface area (Å²) in [5.41, 5.74) is 1.41. The maximum absolute atomic E-state index is 13.4. The van der Waals surface area contributed by atoms with E-state index in [4.69, 9.17) is 5.26 Å². The summed E-state index contributed by atoms with van der Waals surface area (Å²) in [5, 5.41) is 18.1. The van der Waals surface area contributed by atoms with E-state index in [-0.39, 0.29) is 10.9 Å². The zero-order valence-corrected chi connectivity index (χ0v) is 19.5. The van der Waals surface area contributed by atoms with Gasteiger partial charge in [0.25, 0.3) is 0 Å². The van der Waals surface area contributed by atoms with Gasteiger partial charge >= 0.3 is 12.1 Å². The van der Waals surface area contributed by atoms with Crippen molar-refractivity contribution >= 4 is 39.3 Å². The first-order valence-corrected chi connectivity index (χ1v) is 11.3. The van der Waals surface area contributed by atoms with E-state index in [0.717, 1.165) is 11.8 Å². The average Bonchev–Trinajstić information content (AvgIpc) is 3.11. The molecule has 1 aromatic heterocycles. The predicted molar refractivity (Wildman–Crippen MR) is 121 cm³/mol. The third-order valence-corrected chi connectivity index (χ3v) is 7.18. The number of rotatable bonds is 5. The Balaban J connectivity index is 2.25. The Morgan fingerprint density at radius 2 is 1.75 bits per heavy atom. The molecular formula is C23H21F3N2O2S2. The van der Waals surface area contributed by atoms with Crippen LogP contribution in [0.25, 0.3) is 21.3 Å². The number of carboxylic acids is 1. The molecule has 0 spiro atoms. The minimum absolute atomic E-state index is 0.193. The van der Waals surface area contributed by atoms with Crippen LogP contribution in [0.4, 0.5) is 13.2 Å². The number of carboxylic acid groups (broad SMARTS) is 1. The second-order valence-electron chi connectivity index (χ2n) is 8.87. The fourth-order valence-corrected chi connectivity index (χ4v) is 6.18. The fraction of sp³-hybridized carbons (Fsp3) is 0.348. The van der Waals surface area contributed by atoms with Gasteiger partial charge in [0.05, 0.1) is 21.8 Å². The van der Waals surface area contributed by atoms with E-state index in [2.05, 4.69) is 4.98 Å². The number of alkyl halides is 3. The summed E-state index contributed by atoms with van der Waals surface area (Å²) in [6.45, 7) is 7.46. The molecule has 3 aromatic rings. The monoisotopic (exact) mass is 478 g/mol. The normalized spacial score (nSPS) is 14.2. The van der Waals surface area contributed by atoms with Crippen LogP contribution < -0.4 is 0 Å². The second kappa shape index (κ2) is 8.41. The number of nitriles is 1. The minimum atomic E-state index is -4.58. The number of fused-ring (bicyclic) bond motifs is 1. The van der Waals surface area contributed by atoms with Gasteiger partial charge in [0.2, 0.25) is 0 Å². The van der Waals surface area contributed by atoms with Crippen molar-refractivity contribution in [3.8, 4) is 17.2 Å². The van der Waals surface area contributed by atoms with Crippen molar-refractivity contribution in [3.63, 3.8) is 0 Å². The van der Waals surface area contributed by atoms with Gasteiger partial charge in [-0.3, -0.25) is 4.79 Å². The van der Waals surface area contributed by atoms with Crippen LogP contribution in [0, 0.1) is 16.7 Å². The van der Waals surface area contributed by atoms with E-state index in [9.17, 15) is 23.1 Å². The summed E-state index contributed by atoms with van der Waals surface area (Å²) in [6, 6.07) is 11.6. The first kappa shape index (κ1) is 24.1. The van der Waals surface area contributed by atoms with Crippen molar-refractivity contribution in [2.24, 2.45) is 5.41 Å². The molecule has 4 nitrogen and oxygen atoms in total. The molecule has 0 aliphatic heterocycles. The van der Waals surface area contributed by atoms with Gasteiger partial charge in [-0.2, -0.15) is 18.4 Å². The number of aliphatic carboxylic acids is 1. The van der Waals surface area contributed by atoms with Crippen LogP contribution >= 0.6 is 23.1 Å². The van der Waals surface area contributed by atoms with Gasteiger partial charge in [-0.1, -0.05) is 32.9 Å². The fourth-order valence-electron chi connectivity index (χ4n) is 3.57. The maximum atomic E-state index is 13.4. The number of thiazole rings is 1. The Morgan fingerprint density at radius 3 is 2.25 bits per heavy atom. The molecule has 32 heavy (non-hydrogen) atoms. The number of thioether (sulfide) groups is 1. The molecule has 9 heteroatoms. The molecule has 0 amide bonds. The summed E-state index contributed by atoms with van der Waals surface area (Å²) in [6.07, 6.45) is -4.23. The number of hydrogen-bond acceptors (Lipinski definition) is 5. The van der Waals surface area contributed by atoms with Crippen LogP contribution in [-0.4, -0.2) is 20.8 Å². The molecule has 0 aliphatic rings. The van der Waals surface area contributed by atoms with Crippen molar-refractivity contribution in [2.75, 3.05) is 0 Å². The van der Waals surface area contributed by atoms with Gasteiger partial charge in [0.1, 0.15) is 4.75 Å². The van der Waals surface area contributed by atoms with Gasteiger partial charge in [-0.15, -0.1) is 23.1 Å². The molecule has 3 rings (SSSR count). The molecular weight excluding hydrogens is 457 g/mol. The highest BCUT2D eigenvalue weighted by Gasteiger charge is 2.40. The molecule has 0 aliphatic carbocycles. The van der Waals surface area contributed by atoms with E-state index < -0.39 is 21.9 Å². The predicted octanol–water partition coefficient (Wildman–Crippen LogP) is 7.23. The first-order chi connectivity index (χ1) is 14.7. The molecule has 1 unspecified atom stereocenters. The largest absolute Gasteiger partial charge is 0.480 e. The van der Waals surface area contributed by atoms with Crippen LogP contribution in [0.2, 0.25) is 0 Å². The summed E-state index contributed by atoms with van der Waals surface area (Å²) >= 11 is 1.66. The van der Waals surface area contributed by atoms with Crippen molar-refractivity contribution in [3.05, 3.63) is 47.0 Å². The van der Waals surface area contributed by atoms with Crippen LogP contribution in [-0.2, 0) is 11.0 Å². The zero-order chi connectivity index (χ0) is 23.9. The van der Waals surface area contributed by atoms with E-state index >= 15 is 0 Å². The van der Waals surface area contributed by atoms with Crippen molar-refractivity contribution < 1.29 is 23.1 Å². The second-order valence-corrected chi connectivity index (χ2v) is 11.4. The molecule has 0 saturated heterocycles. The Hall–Kier alpha value is -2.57. The SMILES string of the molecule is CC(C)(C)CC(C)(Sc1ccc2nc(C(F)(F)F)sc2c1-c1ccc(C#N)cc1)C(=O)O. The van der Waals surface area contributed by atoms with Gasteiger partial charge in [-0.25, -0.2) is 4.98 Å². The maximum Gasteiger partial charge on any atom is 0.443 e. The molecule has 1 atom stereocenters. The van der Waals surface area contributed by atoms with E-state index in [1.165, 1.54) is 6.07 Å². The summed E-state index contributed by atoms with van der Waals surface area (Å²) in [5.74, 6) is -0.997. The summed E-state index contributed by atoms with van der Waals surface area (Å²) < 4.78 is 39.2. The Labute approximate surface area is 192 Å². The van der Waals surface area contributed by atoms with Crippen LogP contribution in [0.1, 0.15) is 44.7 Å². The topological polar surface area (TPSA) is 74.0 Å². The van der Waals surface area contributed by atoms with Crippen molar-refractivity contribution in [2.45, 2.75) is 49.9 Å². The highest BCUT2D eigenvalue weighted by Crippen LogP contribution is 2.48. The summed E-state index contributed by atoms with van der Waals surface area (Å²) in [7, 11) is 0. The lowest BCUT2D eigenvalue weighted by molar-refractivity contribution is -0.140. The molecule has 0 fully saturated rings. The van der Waals surface area contributed by atoms with Crippen LogP contribution in [0.3, 0.4) is 0 Å². The Bertz CT molecular complexity index is 1210. The standard InChI is InChI=1S/C23H21F3N2O2S2/c1-21(2,3)12-22(4,20(29)30)32-16-10-9-15-18(31-19(28-15)23(24,25)26)17(16)14-7-5-13(11-27)6-8-14/h5-10H,12H2,1-4H3,(H,29,30). The van der Waals surface area contributed by atoms with Gasteiger partial charge in [-0.05, 0) is 48.6 Å². The number of halogens is 3. The molecule has 1 heterocycles. The molecule has 1 N–H and O–H groups in total. The molecule has 0 bridgehead atoms. The Morgan fingerprint density at radius 1 is 1.12 bits per heavy atom. The quantitative estimate of drug-likeness (QED) is 0.392. The molecule has 2 aromatic carbocycles. The van der Waals surface area contributed by atoms with E-state index in [1.54, 1.807) is 37.3 Å². The van der Waals surface area contributed by atoms with Crippen molar-refractivity contribution in [1.82, 2.24) is 4.98 Å². The van der Waals surface area contributed by atoms with Gasteiger partial charge in [0, 0.05) is 10.5 Å². The van der Waals surface area contributed by atoms with E-state index in [0.29, 0.717) is 44.0 Å². The molecule has 168 valence electrons. The van der Waals surface area contributed by atoms with Crippen LogP contribution in [0.5, 0.6) is 0 Å². The molecule has 0 radical (unpaired) electrons. The minimum Gasteiger partial charge on any atom is -0.480 e. The van der Waals surface area contributed by atoms with E-state index in [1.807, 2.05) is 26.8 Å². The first-order valence-electron chi connectivity index (χ1n) is 9.67. The lowest BCUT2D eigenvalue weighted by Crippen LogP contribution is -2.35. The number of nitrogens with zero attached hydrogens (tertiary/aromatic N) is 2. The smallest absolute Gasteiger partial charge is 0.443 e. The lowest BCUT2D eigenvalue weighted by atomic mass is 9.85. The Kier molecular flexibility index (Phi) is 6.33.